The van der Waals surface area contributed by atoms with Gasteiger partial charge in [0, 0.05) is 25.3 Å². The number of hydrogen-bond acceptors (Lipinski definition) is 2. The van der Waals surface area contributed by atoms with E-state index >= 15 is 0 Å². The molecule has 3 heteroatoms. The molecule has 1 fully saturated rings. The Bertz CT molecular complexity index is 647. The van der Waals surface area contributed by atoms with Crippen LogP contribution in [0.15, 0.2) is 54.6 Å². The number of anilines is 1. The second kappa shape index (κ2) is 6.22. The number of amides is 1. The van der Waals surface area contributed by atoms with Crippen LogP contribution in [0.25, 0.3) is 0 Å². The molecule has 0 unspecified atom stereocenters. The van der Waals surface area contributed by atoms with Gasteiger partial charge in [0.1, 0.15) is 0 Å². The monoisotopic (exact) mass is 294 g/mol. The number of rotatable bonds is 5. The maximum atomic E-state index is 12.6. The third kappa shape index (κ3) is 3.30. The quantitative estimate of drug-likeness (QED) is 0.913. The van der Waals surface area contributed by atoms with E-state index in [1.165, 1.54) is 18.4 Å². The van der Waals surface area contributed by atoms with E-state index in [1.807, 2.05) is 61.5 Å². The molecule has 0 saturated heterocycles. The van der Waals surface area contributed by atoms with E-state index in [9.17, 15) is 4.79 Å². The first kappa shape index (κ1) is 14.6. The van der Waals surface area contributed by atoms with Crippen molar-refractivity contribution in [3.63, 3.8) is 0 Å². The van der Waals surface area contributed by atoms with Crippen molar-refractivity contribution >= 4 is 11.6 Å². The highest BCUT2D eigenvalue weighted by molar-refractivity contribution is 5.95. The molecule has 2 aromatic carbocycles. The maximum absolute atomic E-state index is 12.6. The minimum atomic E-state index is 0.00412. The van der Waals surface area contributed by atoms with Gasteiger partial charge in [0.05, 0.1) is 6.04 Å². The molecule has 22 heavy (non-hydrogen) atoms. The minimum Gasteiger partial charge on any atom is -0.378 e. The van der Waals surface area contributed by atoms with Crippen molar-refractivity contribution in [2.24, 2.45) is 5.92 Å². The van der Waals surface area contributed by atoms with Crippen LogP contribution in [-0.2, 0) is 0 Å². The van der Waals surface area contributed by atoms with Crippen molar-refractivity contribution in [1.82, 2.24) is 5.32 Å². The number of carbonyl (C=O) groups excluding carboxylic acids is 1. The molecular formula is C19H22N2O. The molecule has 3 nitrogen and oxygen atoms in total. The van der Waals surface area contributed by atoms with Crippen LogP contribution in [0, 0.1) is 5.92 Å². The van der Waals surface area contributed by atoms with Crippen LogP contribution in [0.4, 0.5) is 5.69 Å². The van der Waals surface area contributed by atoms with E-state index in [0.29, 0.717) is 11.5 Å². The lowest BCUT2D eigenvalue weighted by molar-refractivity contribution is 0.0931. The summed E-state index contributed by atoms with van der Waals surface area (Å²) >= 11 is 0. The second-order valence-electron chi connectivity index (χ2n) is 6.14. The molecule has 114 valence electrons. The molecule has 1 aliphatic carbocycles. The molecule has 1 saturated carbocycles. The molecule has 3 rings (SSSR count). The Morgan fingerprint density at radius 1 is 1.09 bits per heavy atom. The molecule has 1 N–H and O–H groups in total. The highest BCUT2D eigenvalue weighted by Gasteiger charge is 2.33. The summed E-state index contributed by atoms with van der Waals surface area (Å²) in [6.07, 6.45) is 2.38. The summed E-state index contributed by atoms with van der Waals surface area (Å²) in [4.78, 5) is 14.6. The number of hydrogen-bond donors (Lipinski definition) is 1. The molecule has 1 amide bonds. The predicted octanol–water partition coefficient (Wildman–Crippen LogP) is 3.63. The van der Waals surface area contributed by atoms with Gasteiger partial charge in [-0.1, -0.05) is 36.4 Å². The Morgan fingerprint density at radius 3 is 2.45 bits per heavy atom. The highest BCUT2D eigenvalue weighted by atomic mass is 16.1. The van der Waals surface area contributed by atoms with Crippen LogP contribution in [0.1, 0.15) is 34.8 Å². The lowest BCUT2D eigenvalue weighted by Crippen LogP contribution is -2.30. The molecule has 0 heterocycles. The van der Waals surface area contributed by atoms with Crippen molar-refractivity contribution in [2.75, 3.05) is 19.0 Å². The standard InChI is InChI=1S/C19H22N2O/c1-21(2)17-10-6-9-16(13-17)19(22)20-18(15-11-12-15)14-7-4-3-5-8-14/h3-10,13,15,18H,11-12H2,1-2H3,(H,20,22)/t18-/m1/s1. The lowest BCUT2D eigenvalue weighted by Gasteiger charge is -2.19. The first-order valence-corrected chi connectivity index (χ1v) is 7.78. The Morgan fingerprint density at radius 2 is 1.82 bits per heavy atom. The average Bonchev–Trinajstić information content (AvgIpc) is 3.38. The number of benzene rings is 2. The summed E-state index contributed by atoms with van der Waals surface area (Å²) in [5.74, 6) is 0.577. The van der Waals surface area contributed by atoms with Gasteiger partial charge >= 0.3 is 0 Å². The molecule has 0 aromatic heterocycles. The summed E-state index contributed by atoms with van der Waals surface area (Å²) < 4.78 is 0. The van der Waals surface area contributed by atoms with E-state index in [1.54, 1.807) is 0 Å². The van der Waals surface area contributed by atoms with Crippen molar-refractivity contribution in [1.29, 1.82) is 0 Å². The van der Waals surface area contributed by atoms with Gasteiger partial charge in [-0.3, -0.25) is 4.79 Å². The smallest absolute Gasteiger partial charge is 0.251 e. The first-order valence-electron chi connectivity index (χ1n) is 7.78. The fourth-order valence-electron chi connectivity index (χ4n) is 2.71. The maximum Gasteiger partial charge on any atom is 0.251 e. The highest BCUT2D eigenvalue weighted by Crippen LogP contribution is 2.41. The predicted molar refractivity (Wildman–Crippen MR) is 90.1 cm³/mol. The first-order chi connectivity index (χ1) is 10.6. The van der Waals surface area contributed by atoms with Gasteiger partial charge < -0.3 is 10.2 Å². The molecule has 2 aromatic rings. The van der Waals surface area contributed by atoms with Crippen LogP contribution in [-0.4, -0.2) is 20.0 Å². The van der Waals surface area contributed by atoms with Crippen molar-refractivity contribution in [2.45, 2.75) is 18.9 Å². The SMILES string of the molecule is CN(C)c1cccc(C(=O)N[C@H](c2ccccc2)C2CC2)c1. The van der Waals surface area contributed by atoms with Gasteiger partial charge in [-0.2, -0.15) is 0 Å². The lowest BCUT2D eigenvalue weighted by atomic mass is 10.0. The fourth-order valence-corrected chi connectivity index (χ4v) is 2.71. The normalized spacial score (nSPS) is 15.2. The average molecular weight is 294 g/mol. The summed E-state index contributed by atoms with van der Waals surface area (Å²) in [5, 5.41) is 3.22. The van der Waals surface area contributed by atoms with Gasteiger partial charge in [-0.25, -0.2) is 0 Å². The molecule has 1 atom stereocenters. The molecule has 0 bridgehead atoms. The van der Waals surface area contributed by atoms with Crippen LogP contribution in [0.3, 0.4) is 0 Å². The number of nitrogens with zero attached hydrogens (tertiary/aromatic N) is 1. The van der Waals surface area contributed by atoms with Crippen LogP contribution >= 0.6 is 0 Å². The van der Waals surface area contributed by atoms with E-state index < -0.39 is 0 Å². The van der Waals surface area contributed by atoms with Crippen molar-refractivity contribution in [3.05, 3.63) is 65.7 Å². The zero-order valence-electron chi connectivity index (χ0n) is 13.1. The summed E-state index contributed by atoms with van der Waals surface area (Å²) in [7, 11) is 3.96. The van der Waals surface area contributed by atoms with E-state index in [-0.39, 0.29) is 11.9 Å². The molecule has 1 aliphatic rings. The molecule has 0 spiro atoms. The van der Waals surface area contributed by atoms with Crippen molar-refractivity contribution in [3.8, 4) is 0 Å². The largest absolute Gasteiger partial charge is 0.378 e. The Balaban J connectivity index is 1.78. The summed E-state index contributed by atoms with van der Waals surface area (Å²) in [6, 6.07) is 18.1. The van der Waals surface area contributed by atoms with E-state index in [0.717, 1.165) is 5.69 Å². The Kier molecular flexibility index (Phi) is 4.14. The topological polar surface area (TPSA) is 32.3 Å². The van der Waals surface area contributed by atoms with Gasteiger partial charge in [0.25, 0.3) is 5.91 Å². The van der Waals surface area contributed by atoms with Crippen LogP contribution < -0.4 is 10.2 Å². The third-order valence-corrected chi connectivity index (χ3v) is 4.16. The third-order valence-electron chi connectivity index (χ3n) is 4.16. The van der Waals surface area contributed by atoms with Gasteiger partial charge in [0.2, 0.25) is 0 Å². The summed E-state index contributed by atoms with van der Waals surface area (Å²) in [6.45, 7) is 0. The number of carbonyl (C=O) groups is 1. The minimum absolute atomic E-state index is 0.00412. The van der Waals surface area contributed by atoms with Crippen LogP contribution in [0.5, 0.6) is 0 Å². The number of nitrogens with one attached hydrogen (secondary N) is 1. The van der Waals surface area contributed by atoms with Gasteiger partial charge in [-0.15, -0.1) is 0 Å². The zero-order valence-corrected chi connectivity index (χ0v) is 13.1. The van der Waals surface area contributed by atoms with Gasteiger partial charge in [0.15, 0.2) is 0 Å². The van der Waals surface area contributed by atoms with Crippen molar-refractivity contribution < 1.29 is 4.79 Å². The van der Waals surface area contributed by atoms with E-state index in [2.05, 4.69) is 17.4 Å². The molecule has 0 aliphatic heterocycles. The molecule has 0 radical (unpaired) electrons. The Hall–Kier alpha value is -2.29. The van der Waals surface area contributed by atoms with Crippen LogP contribution in [0.2, 0.25) is 0 Å². The summed E-state index contributed by atoms with van der Waals surface area (Å²) in [5.41, 5.74) is 2.95. The fraction of sp³-hybridized carbons (Fsp3) is 0.316. The Labute approximate surface area is 132 Å². The van der Waals surface area contributed by atoms with E-state index in [4.69, 9.17) is 0 Å². The molecular weight excluding hydrogens is 272 g/mol. The zero-order chi connectivity index (χ0) is 15.5. The van der Waals surface area contributed by atoms with Gasteiger partial charge in [-0.05, 0) is 42.5 Å². The second-order valence-corrected chi connectivity index (χ2v) is 6.14.